The number of hydrogen-bond donors (Lipinski definition) is 3. The van der Waals surface area contributed by atoms with Crippen LogP contribution in [0.1, 0.15) is 30.3 Å². The van der Waals surface area contributed by atoms with Gasteiger partial charge in [0.05, 0.1) is 12.1 Å². The minimum absolute atomic E-state index is 0.0990. The van der Waals surface area contributed by atoms with Crippen molar-refractivity contribution in [3.63, 3.8) is 0 Å². The summed E-state index contributed by atoms with van der Waals surface area (Å²) in [6.45, 7) is 2.68. The molecule has 4 aromatic rings. The first-order valence-corrected chi connectivity index (χ1v) is 12.3. The second kappa shape index (κ2) is 11.8. The van der Waals surface area contributed by atoms with Crippen molar-refractivity contribution in [3.8, 4) is 5.75 Å². The zero-order valence-electron chi connectivity index (χ0n) is 19.9. The van der Waals surface area contributed by atoms with Crippen LogP contribution >= 0.6 is 23.2 Å². The van der Waals surface area contributed by atoms with Gasteiger partial charge in [-0.25, -0.2) is 4.68 Å². The van der Waals surface area contributed by atoms with Crippen LogP contribution in [0.3, 0.4) is 0 Å². The Kier molecular flexibility index (Phi) is 8.32. The molecule has 190 valence electrons. The van der Waals surface area contributed by atoms with Crippen molar-refractivity contribution in [1.29, 1.82) is 0 Å². The molecular formula is C27H24Cl2N4O4. The molecule has 0 aliphatic heterocycles. The van der Waals surface area contributed by atoms with E-state index in [1.807, 2.05) is 0 Å². The number of carbonyl (C=O) groups is 3. The smallest absolute Gasteiger partial charge is 0.328 e. The number of hydrogen-bond acceptors (Lipinski definition) is 4. The van der Waals surface area contributed by atoms with E-state index in [2.05, 4.69) is 23.0 Å². The third kappa shape index (κ3) is 6.61. The van der Waals surface area contributed by atoms with Crippen LogP contribution in [0.4, 0.5) is 11.4 Å². The highest BCUT2D eigenvalue weighted by Gasteiger charge is 2.21. The van der Waals surface area contributed by atoms with Gasteiger partial charge in [0.1, 0.15) is 11.4 Å². The average Bonchev–Trinajstić information content (AvgIpc) is 3.23. The number of ether oxygens (including phenoxy) is 1. The van der Waals surface area contributed by atoms with Gasteiger partial charge in [-0.3, -0.25) is 19.8 Å². The number of amides is 3. The largest absolute Gasteiger partial charge is 0.494 e. The van der Waals surface area contributed by atoms with Gasteiger partial charge in [0, 0.05) is 26.8 Å². The van der Waals surface area contributed by atoms with Crippen molar-refractivity contribution >= 4 is 63.2 Å². The third-order valence-electron chi connectivity index (χ3n) is 5.40. The zero-order valence-corrected chi connectivity index (χ0v) is 21.4. The summed E-state index contributed by atoms with van der Waals surface area (Å²) < 4.78 is 6.86. The molecule has 3 N–H and O–H groups in total. The Labute approximate surface area is 223 Å². The van der Waals surface area contributed by atoms with Gasteiger partial charge in [-0.15, -0.1) is 0 Å². The second-order valence-corrected chi connectivity index (χ2v) is 9.02. The van der Waals surface area contributed by atoms with Crippen LogP contribution in [0.25, 0.3) is 10.9 Å². The Hall–Kier alpha value is -4.01. The van der Waals surface area contributed by atoms with Gasteiger partial charge < -0.3 is 15.4 Å². The van der Waals surface area contributed by atoms with Crippen molar-refractivity contribution in [3.05, 3.63) is 88.5 Å². The summed E-state index contributed by atoms with van der Waals surface area (Å²) in [6.07, 6.45) is 1.97. The van der Waals surface area contributed by atoms with Crippen LogP contribution in [-0.2, 0) is 9.59 Å². The molecule has 1 aromatic heterocycles. The number of fused-ring (bicyclic) bond motifs is 1. The van der Waals surface area contributed by atoms with E-state index in [4.69, 9.17) is 27.9 Å². The maximum absolute atomic E-state index is 13.1. The maximum atomic E-state index is 13.1. The monoisotopic (exact) mass is 538 g/mol. The molecule has 0 saturated heterocycles. The molecule has 0 aliphatic rings. The third-order valence-corrected chi connectivity index (χ3v) is 5.88. The highest BCUT2D eigenvalue weighted by atomic mass is 35.5. The van der Waals surface area contributed by atoms with E-state index in [1.165, 1.54) is 4.68 Å². The first kappa shape index (κ1) is 26.1. The Morgan fingerprint density at radius 1 is 0.811 bits per heavy atom. The molecule has 0 fully saturated rings. The number of aromatic nitrogens is 1. The molecule has 0 radical (unpaired) electrons. The Morgan fingerprint density at radius 2 is 1.46 bits per heavy atom. The molecule has 8 nitrogen and oxygen atoms in total. The van der Waals surface area contributed by atoms with Gasteiger partial charge >= 0.3 is 11.8 Å². The molecule has 3 amide bonds. The van der Waals surface area contributed by atoms with Crippen molar-refractivity contribution in [2.24, 2.45) is 0 Å². The fourth-order valence-corrected chi connectivity index (χ4v) is 3.82. The fourth-order valence-electron chi connectivity index (χ4n) is 3.51. The summed E-state index contributed by atoms with van der Waals surface area (Å²) in [4.78, 5) is 38.5. The number of benzene rings is 3. The molecule has 3 aromatic carbocycles. The van der Waals surface area contributed by atoms with E-state index in [-0.39, 0.29) is 5.69 Å². The number of nitrogens with one attached hydrogen (secondary N) is 3. The summed E-state index contributed by atoms with van der Waals surface area (Å²) in [7, 11) is 0. The average molecular weight is 539 g/mol. The lowest BCUT2D eigenvalue weighted by molar-refractivity contribution is -0.133. The van der Waals surface area contributed by atoms with E-state index in [0.717, 1.165) is 12.8 Å². The Bertz CT molecular complexity index is 1430. The highest BCUT2D eigenvalue weighted by molar-refractivity contribution is 6.42. The van der Waals surface area contributed by atoms with E-state index in [9.17, 15) is 14.4 Å². The second-order valence-electron chi connectivity index (χ2n) is 8.15. The molecule has 0 atom stereocenters. The van der Waals surface area contributed by atoms with Crippen LogP contribution in [0.5, 0.6) is 5.75 Å². The molecule has 1 heterocycles. The van der Waals surface area contributed by atoms with E-state index >= 15 is 0 Å². The summed E-state index contributed by atoms with van der Waals surface area (Å²) in [5.41, 5.74) is 4.03. The van der Waals surface area contributed by atoms with Crippen LogP contribution in [0.2, 0.25) is 10.0 Å². The molecule has 4 rings (SSSR count). The molecular weight excluding hydrogens is 515 g/mol. The molecule has 0 unspecified atom stereocenters. The number of rotatable bonds is 8. The van der Waals surface area contributed by atoms with Crippen molar-refractivity contribution in [2.75, 3.05) is 22.7 Å². The minimum atomic E-state index is -0.962. The fraction of sp³-hybridized carbons (Fsp3) is 0.148. The van der Waals surface area contributed by atoms with Gasteiger partial charge in [0.25, 0.3) is 5.91 Å². The quantitative estimate of drug-likeness (QED) is 0.186. The number of carbonyl (C=O) groups excluding carboxylic acids is 3. The van der Waals surface area contributed by atoms with Crippen LogP contribution in [-0.4, -0.2) is 29.0 Å². The molecule has 0 bridgehead atoms. The summed E-state index contributed by atoms with van der Waals surface area (Å²) in [5.74, 6) is -1.70. The van der Waals surface area contributed by atoms with Gasteiger partial charge in [-0.1, -0.05) is 36.5 Å². The lowest BCUT2D eigenvalue weighted by Gasteiger charge is -2.13. The number of halogens is 2. The highest BCUT2D eigenvalue weighted by Crippen LogP contribution is 2.24. The first-order chi connectivity index (χ1) is 17.8. The molecule has 0 saturated carbocycles. The van der Waals surface area contributed by atoms with Crippen LogP contribution in [0, 0.1) is 0 Å². The normalized spacial score (nSPS) is 10.7. The van der Waals surface area contributed by atoms with Crippen molar-refractivity contribution in [2.45, 2.75) is 19.8 Å². The van der Waals surface area contributed by atoms with E-state index < -0.39 is 17.7 Å². The minimum Gasteiger partial charge on any atom is -0.494 e. The Morgan fingerprint density at radius 3 is 2.16 bits per heavy atom. The molecule has 0 spiro atoms. The van der Waals surface area contributed by atoms with Gasteiger partial charge in [0.2, 0.25) is 0 Å². The maximum Gasteiger partial charge on any atom is 0.328 e. The zero-order chi connectivity index (χ0) is 26.4. The summed E-state index contributed by atoms with van der Waals surface area (Å²) in [6, 6.07) is 19.8. The predicted molar refractivity (Wildman–Crippen MR) is 146 cm³/mol. The van der Waals surface area contributed by atoms with E-state index in [0.29, 0.717) is 44.7 Å². The topological polar surface area (TPSA) is 101 Å². The lowest BCUT2D eigenvalue weighted by atomic mass is 10.2. The SMILES string of the molecule is CCCCOc1ccc(NC(=O)C(=O)Nn2c(C(=O)Nc3ccc(Cl)cc3)cc3cc(Cl)ccc32)cc1. The van der Waals surface area contributed by atoms with Gasteiger partial charge in [-0.05, 0) is 79.2 Å². The van der Waals surface area contributed by atoms with Crippen LogP contribution in [0.15, 0.2) is 72.8 Å². The van der Waals surface area contributed by atoms with Gasteiger partial charge in [-0.2, -0.15) is 0 Å². The first-order valence-electron chi connectivity index (χ1n) is 11.6. The molecule has 0 aliphatic carbocycles. The number of nitrogens with zero attached hydrogens (tertiary/aromatic N) is 1. The van der Waals surface area contributed by atoms with Crippen molar-refractivity contribution < 1.29 is 19.1 Å². The standard InChI is InChI=1S/C27H24Cl2N4O4/c1-2-3-14-37-22-11-9-21(10-12-22)31-26(35)27(36)32-33-23-13-6-19(29)15-17(23)16-24(33)25(34)30-20-7-4-18(28)5-8-20/h4-13,15-16H,2-3,14H2,1H3,(H,30,34)(H,31,35)(H,32,36). The molecule has 37 heavy (non-hydrogen) atoms. The summed E-state index contributed by atoms with van der Waals surface area (Å²) >= 11 is 12.0. The number of anilines is 2. The Balaban J connectivity index is 1.51. The lowest BCUT2D eigenvalue weighted by Crippen LogP contribution is -2.36. The predicted octanol–water partition coefficient (Wildman–Crippen LogP) is 6.09. The van der Waals surface area contributed by atoms with E-state index in [1.54, 1.807) is 72.8 Å². The number of unbranched alkanes of at least 4 members (excludes halogenated alkanes) is 1. The molecule has 10 heteroatoms. The summed E-state index contributed by atoms with van der Waals surface area (Å²) in [5, 5.41) is 6.89. The van der Waals surface area contributed by atoms with Crippen molar-refractivity contribution in [1.82, 2.24) is 4.68 Å². The van der Waals surface area contributed by atoms with Crippen LogP contribution < -0.4 is 20.8 Å². The van der Waals surface area contributed by atoms with Gasteiger partial charge in [0.15, 0.2) is 0 Å².